The molecule has 6 nitrogen and oxygen atoms in total. The fraction of sp³-hybridized carbons (Fsp3) is 0.400. The summed E-state index contributed by atoms with van der Waals surface area (Å²) in [6.45, 7) is 5.13. The standard InChI is InChI=1S/C30H34N2O4/c1-4-27(30(34)31(3)19-25-6-5-17-35-25)36-24-14-13-21-15-16-32(29(33)23-11-12-23)28(26(21)18-24)22-9-7-20(2)8-10-22/h5-10,13-14,17-18,23,27-28H,4,11-12,15-16,19H2,1-3H3/t27-,28-/m0/s1. The Labute approximate surface area is 212 Å². The lowest BCUT2D eigenvalue weighted by Crippen LogP contribution is -2.41. The zero-order chi connectivity index (χ0) is 25.2. The van der Waals surface area contributed by atoms with Gasteiger partial charge in [0.15, 0.2) is 6.10 Å². The van der Waals surface area contributed by atoms with Gasteiger partial charge in [0, 0.05) is 19.5 Å². The molecule has 1 saturated carbocycles. The van der Waals surface area contributed by atoms with E-state index in [4.69, 9.17) is 9.15 Å². The highest BCUT2D eigenvalue weighted by Crippen LogP contribution is 2.41. The third-order valence-corrected chi connectivity index (χ3v) is 7.22. The van der Waals surface area contributed by atoms with Crippen LogP contribution in [0, 0.1) is 12.8 Å². The highest BCUT2D eigenvalue weighted by Gasteiger charge is 2.39. The summed E-state index contributed by atoms with van der Waals surface area (Å²) < 4.78 is 11.7. The molecule has 6 heteroatoms. The third-order valence-electron chi connectivity index (χ3n) is 7.22. The number of nitrogens with zero attached hydrogens (tertiary/aromatic N) is 2. The lowest BCUT2D eigenvalue weighted by Gasteiger charge is -2.38. The van der Waals surface area contributed by atoms with E-state index in [-0.39, 0.29) is 23.8 Å². The number of furan rings is 1. The van der Waals surface area contributed by atoms with Crippen LogP contribution in [0.1, 0.15) is 60.2 Å². The molecule has 1 fully saturated rings. The number of carbonyl (C=O) groups is 2. The second kappa shape index (κ2) is 10.2. The first-order valence-electron chi connectivity index (χ1n) is 12.9. The van der Waals surface area contributed by atoms with Gasteiger partial charge in [0.05, 0.1) is 18.8 Å². The van der Waals surface area contributed by atoms with Crippen LogP contribution in [0.5, 0.6) is 5.75 Å². The van der Waals surface area contributed by atoms with E-state index in [0.717, 1.165) is 36.1 Å². The number of hydrogen-bond donors (Lipinski definition) is 0. The second-order valence-corrected chi connectivity index (χ2v) is 10.0. The molecule has 2 amide bonds. The second-order valence-electron chi connectivity index (χ2n) is 10.0. The van der Waals surface area contributed by atoms with E-state index in [1.54, 1.807) is 18.2 Å². The smallest absolute Gasteiger partial charge is 0.263 e. The van der Waals surface area contributed by atoms with Crippen LogP contribution in [0.3, 0.4) is 0 Å². The van der Waals surface area contributed by atoms with Crippen molar-refractivity contribution in [1.29, 1.82) is 0 Å². The van der Waals surface area contributed by atoms with Crippen molar-refractivity contribution in [1.82, 2.24) is 9.80 Å². The summed E-state index contributed by atoms with van der Waals surface area (Å²) in [4.78, 5) is 30.1. The molecule has 5 rings (SSSR count). The number of amides is 2. The van der Waals surface area contributed by atoms with Gasteiger partial charge in [0.2, 0.25) is 5.91 Å². The van der Waals surface area contributed by atoms with Gasteiger partial charge in [-0.05, 0) is 73.6 Å². The molecule has 36 heavy (non-hydrogen) atoms. The van der Waals surface area contributed by atoms with Gasteiger partial charge in [-0.25, -0.2) is 0 Å². The van der Waals surface area contributed by atoms with E-state index in [0.29, 0.717) is 25.3 Å². The van der Waals surface area contributed by atoms with Crippen molar-refractivity contribution in [2.45, 2.75) is 58.2 Å². The monoisotopic (exact) mass is 486 g/mol. The topological polar surface area (TPSA) is 63.0 Å². The fourth-order valence-electron chi connectivity index (χ4n) is 5.01. The summed E-state index contributed by atoms with van der Waals surface area (Å²) in [6.07, 6.45) is 4.34. The van der Waals surface area contributed by atoms with Gasteiger partial charge in [0.25, 0.3) is 5.91 Å². The number of ether oxygens (including phenoxy) is 1. The summed E-state index contributed by atoms with van der Waals surface area (Å²) >= 11 is 0. The fourth-order valence-corrected chi connectivity index (χ4v) is 5.01. The van der Waals surface area contributed by atoms with Crippen molar-refractivity contribution in [3.05, 3.63) is 88.9 Å². The number of hydrogen-bond acceptors (Lipinski definition) is 4. The molecule has 2 atom stereocenters. The van der Waals surface area contributed by atoms with Gasteiger partial charge in [0.1, 0.15) is 11.5 Å². The van der Waals surface area contributed by atoms with Gasteiger partial charge in [-0.3, -0.25) is 9.59 Å². The number of carbonyl (C=O) groups excluding carboxylic acids is 2. The number of benzene rings is 2. The zero-order valence-electron chi connectivity index (χ0n) is 21.3. The Balaban J connectivity index is 1.41. The van der Waals surface area contributed by atoms with Gasteiger partial charge >= 0.3 is 0 Å². The number of likely N-dealkylation sites (N-methyl/N-ethyl adjacent to an activating group) is 1. The Kier molecular flexibility index (Phi) is 6.86. The van der Waals surface area contributed by atoms with Crippen LogP contribution < -0.4 is 4.74 Å². The third kappa shape index (κ3) is 5.03. The van der Waals surface area contributed by atoms with Gasteiger partial charge in [-0.1, -0.05) is 42.8 Å². The maximum Gasteiger partial charge on any atom is 0.263 e. The quantitative estimate of drug-likeness (QED) is 0.434. The molecule has 0 unspecified atom stereocenters. The Morgan fingerprint density at radius 2 is 1.92 bits per heavy atom. The first-order chi connectivity index (χ1) is 17.4. The summed E-state index contributed by atoms with van der Waals surface area (Å²) in [6, 6.07) is 18.0. The van der Waals surface area contributed by atoms with Crippen molar-refractivity contribution >= 4 is 11.8 Å². The molecule has 1 aliphatic heterocycles. The summed E-state index contributed by atoms with van der Waals surface area (Å²) in [5, 5.41) is 0. The lowest BCUT2D eigenvalue weighted by molar-refractivity contribution is -0.138. The van der Waals surface area contributed by atoms with Crippen LogP contribution in [-0.4, -0.2) is 41.3 Å². The highest BCUT2D eigenvalue weighted by atomic mass is 16.5. The zero-order valence-corrected chi connectivity index (χ0v) is 21.3. The van der Waals surface area contributed by atoms with E-state index < -0.39 is 6.10 Å². The van der Waals surface area contributed by atoms with Crippen molar-refractivity contribution in [2.24, 2.45) is 5.92 Å². The molecule has 2 aliphatic rings. The molecule has 0 bridgehead atoms. The van der Waals surface area contributed by atoms with Crippen LogP contribution in [0.2, 0.25) is 0 Å². The predicted octanol–water partition coefficient (Wildman–Crippen LogP) is 5.29. The van der Waals surface area contributed by atoms with Crippen molar-refractivity contribution < 1.29 is 18.7 Å². The maximum atomic E-state index is 13.3. The van der Waals surface area contributed by atoms with Gasteiger partial charge < -0.3 is 19.0 Å². The van der Waals surface area contributed by atoms with Crippen LogP contribution in [0.4, 0.5) is 0 Å². The molecule has 1 aromatic heterocycles. The Hall–Kier alpha value is -3.54. The Morgan fingerprint density at radius 1 is 1.14 bits per heavy atom. The highest BCUT2D eigenvalue weighted by molar-refractivity contribution is 5.82. The molecule has 188 valence electrons. The largest absolute Gasteiger partial charge is 0.481 e. The van der Waals surface area contributed by atoms with Crippen LogP contribution in [0.25, 0.3) is 0 Å². The number of aryl methyl sites for hydroxylation is 1. The van der Waals surface area contributed by atoms with Gasteiger partial charge in [-0.15, -0.1) is 0 Å². The molecule has 0 N–H and O–H groups in total. The summed E-state index contributed by atoms with van der Waals surface area (Å²) in [7, 11) is 1.76. The molecule has 0 spiro atoms. The van der Waals surface area contributed by atoms with E-state index in [1.807, 2.05) is 36.1 Å². The minimum atomic E-state index is -0.603. The van der Waals surface area contributed by atoms with E-state index >= 15 is 0 Å². The van der Waals surface area contributed by atoms with Crippen LogP contribution in [0.15, 0.2) is 65.3 Å². The molecular weight excluding hydrogens is 452 g/mol. The minimum Gasteiger partial charge on any atom is -0.481 e. The lowest BCUT2D eigenvalue weighted by atomic mass is 9.87. The molecule has 0 saturated heterocycles. The average molecular weight is 487 g/mol. The average Bonchev–Trinajstić information content (AvgIpc) is 3.62. The van der Waals surface area contributed by atoms with E-state index in [9.17, 15) is 9.59 Å². The van der Waals surface area contributed by atoms with E-state index in [1.165, 1.54) is 11.1 Å². The Bertz CT molecular complexity index is 1210. The maximum absolute atomic E-state index is 13.3. The molecule has 3 aromatic rings. The van der Waals surface area contributed by atoms with Crippen LogP contribution in [-0.2, 0) is 22.6 Å². The Morgan fingerprint density at radius 3 is 2.58 bits per heavy atom. The first kappa shape index (κ1) is 24.2. The summed E-state index contributed by atoms with van der Waals surface area (Å²) in [5.41, 5.74) is 4.61. The van der Waals surface area contributed by atoms with E-state index in [2.05, 4.69) is 37.3 Å². The van der Waals surface area contributed by atoms with Crippen molar-refractivity contribution in [2.75, 3.05) is 13.6 Å². The van der Waals surface area contributed by atoms with Crippen LogP contribution >= 0.6 is 0 Å². The van der Waals surface area contributed by atoms with Crippen molar-refractivity contribution in [3.63, 3.8) is 0 Å². The normalized spacial score (nSPS) is 17.9. The van der Waals surface area contributed by atoms with Crippen molar-refractivity contribution in [3.8, 4) is 5.75 Å². The molecule has 2 heterocycles. The molecule has 2 aromatic carbocycles. The molecular formula is C30H34N2O4. The SMILES string of the molecule is CC[C@H](Oc1ccc2c(c1)[C@H](c1ccc(C)cc1)N(C(=O)C1CC1)CC2)C(=O)N(C)Cc1ccco1. The van der Waals surface area contributed by atoms with Gasteiger partial charge in [-0.2, -0.15) is 0 Å². The number of fused-ring (bicyclic) bond motifs is 1. The molecule has 0 radical (unpaired) electrons. The number of rotatable bonds is 8. The predicted molar refractivity (Wildman–Crippen MR) is 137 cm³/mol. The molecule has 1 aliphatic carbocycles. The summed E-state index contributed by atoms with van der Waals surface area (Å²) in [5.74, 6) is 1.70. The minimum absolute atomic E-state index is 0.0905. The first-order valence-corrected chi connectivity index (χ1v) is 12.9.